The summed E-state index contributed by atoms with van der Waals surface area (Å²) in [5, 5.41) is 12.7. The summed E-state index contributed by atoms with van der Waals surface area (Å²) in [6.07, 6.45) is 0. The molecule has 0 aliphatic rings. The summed E-state index contributed by atoms with van der Waals surface area (Å²) < 4.78 is 3.01. The fraction of sp³-hybridized carbons (Fsp3) is 0.238. The fourth-order valence-corrected chi connectivity index (χ4v) is 5.33. The van der Waals surface area contributed by atoms with Crippen molar-refractivity contribution < 1.29 is 4.79 Å². The monoisotopic (exact) mass is 455 g/mol. The van der Waals surface area contributed by atoms with Crippen molar-refractivity contribution in [1.29, 1.82) is 0 Å². The van der Waals surface area contributed by atoms with Crippen molar-refractivity contribution in [2.45, 2.75) is 23.6 Å². The van der Waals surface area contributed by atoms with Gasteiger partial charge in [0.15, 0.2) is 10.3 Å². The number of benzene rings is 2. The molecule has 0 bridgehead atoms. The molecule has 30 heavy (non-hydrogen) atoms. The lowest BCUT2D eigenvalue weighted by Crippen LogP contribution is -2.14. The number of fused-ring (bicyclic) bond motifs is 1. The number of para-hydroxylation sites is 1. The van der Waals surface area contributed by atoms with Crippen LogP contribution in [0.25, 0.3) is 10.2 Å². The number of thiazole rings is 1. The lowest BCUT2D eigenvalue weighted by atomic mass is 10.2. The van der Waals surface area contributed by atoms with Gasteiger partial charge in [-0.25, -0.2) is 4.98 Å². The standard InChI is InChI=1S/C21H21N5OS3/c1-14-7-9-15(10-8-14)11-28-12-18-24-25-21(26(18)2)29-13-19(27)23-20-22-16-5-3-4-6-17(16)30-20/h3-10H,11-13H2,1-2H3,(H,22,23,27). The van der Waals surface area contributed by atoms with E-state index in [2.05, 4.69) is 51.7 Å². The summed E-state index contributed by atoms with van der Waals surface area (Å²) in [7, 11) is 1.94. The Kier molecular flexibility index (Phi) is 6.71. The summed E-state index contributed by atoms with van der Waals surface area (Å²) in [6.45, 7) is 2.09. The first-order chi connectivity index (χ1) is 14.6. The molecular weight excluding hydrogens is 434 g/mol. The highest BCUT2D eigenvalue weighted by Crippen LogP contribution is 2.26. The molecule has 1 amide bonds. The van der Waals surface area contributed by atoms with Gasteiger partial charge in [0.05, 0.1) is 21.7 Å². The molecule has 0 saturated carbocycles. The molecule has 0 spiro atoms. The predicted molar refractivity (Wildman–Crippen MR) is 126 cm³/mol. The number of nitrogens with zero attached hydrogens (tertiary/aromatic N) is 4. The highest BCUT2D eigenvalue weighted by Gasteiger charge is 2.13. The van der Waals surface area contributed by atoms with Gasteiger partial charge in [-0.1, -0.05) is 65.1 Å². The number of rotatable bonds is 8. The van der Waals surface area contributed by atoms with E-state index in [1.54, 1.807) is 11.8 Å². The van der Waals surface area contributed by atoms with E-state index >= 15 is 0 Å². The predicted octanol–water partition coefficient (Wildman–Crippen LogP) is 4.90. The van der Waals surface area contributed by atoms with Crippen LogP contribution in [-0.4, -0.2) is 31.4 Å². The van der Waals surface area contributed by atoms with E-state index in [0.717, 1.165) is 32.7 Å². The number of nitrogens with one attached hydrogen (secondary N) is 1. The van der Waals surface area contributed by atoms with Gasteiger partial charge in [0.2, 0.25) is 5.91 Å². The van der Waals surface area contributed by atoms with E-state index in [1.165, 1.54) is 34.2 Å². The number of anilines is 1. The number of hydrogen-bond acceptors (Lipinski definition) is 7. The van der Waals surface area contributed by atoms with E-state index in [4.69, 9.17) is 0 Å². The summed E-state index contributed by atoms with van der Waals surface area (Å²) in [4.78, 5) is 16.7. The third-order valence-corrected chi connectivity index (χ3v) is 7.39. The van der Waals surface area contributed by atoms with Crippen LogP contribution < -0.4 is 5.32 Å². The zero-order valence-electron chi connectivity index (χ0n) is 16.7. The minimum absolute atomic E-state index is 0.0997. The zero-order chi connectivity index (χ0) is 20.9. The number of thioether (sulfide) groups is 2. The van der Waals surface area contributed by atoms with Crippen LogP contribution in [0.15, 0.2) is 53.7 Å². The molecule has 0 aliphatic carbocycles. The molecule has 0 aliphatic heterocycles. The highest BCUT2D eigenvalue weighted by atomic mass is 32.2. The van der Waals surface area contributed by atoms with Crippen LogP contribution in [0.2, 0.25) is 0 Å². The minimum atomic E-state index is -0.0997. The lowest BCUT2D eigenvalue weighted by molar-refractivity contribution is -0.113. The van der Waals surface area contributed by atoms with Gasteiger partial charge >= 0.3 is 0 Å². The highest BCUT2D eigenvalue weighted by molar-refractivity contribution is 7.99. The van der Waals surface area contributed by atoms with Crippen molar-refractivity contribution in [3.63, 3.8) is 0 Å². The Morgan fingerprint density at radius 2 is 1.90 bits per heavy atom. The summed E-state index contributed by atoms with van der Waals surface area (Å²) in [5.74, 6) is 2.77. The van der Waals surface area contributed by atoms with Gasteiger partial charge in [-0.05, 0) is 24.6 Å². The van der Waals surface area contributed by atoms with Crippen LogP contribution in [0.4, 0.5) is 5.13 Å². The van der Waals surface area contributed by atoms with Crippen LogP contribution in [0, 0.1) is 6.92 Å². The van der Waals surface area contributed by atoms with E-state index in [0.29, 0.717) is 5.13 Å². The molecule has 0 atom stereocenters. The summed E-state index contributed by atoms with van der Waals surface area (Å²) in [5.41, 5.74) is 3.46. The van der Waals surface area contributed by atoms with Crippen molar-refractivity contribution >= 4 is 56.1 Å². The molecule has 2 aromatic carbocycles. The number of aryl methyl sites for hydroxylation is 1. The molecule has 6 nitrogen and oxygen atoms in total. The average Bonchev–Trinajstić information content (AvgIpc) is 3.31. The van der Waals surface area contributed by atoms with Crippen molar-refractivity contribution in [3.8, 4) is 0 Å². The topological polar surface area (TPSA) is 72.7 Å². The number of amides is 1. The van der Waals surface area contributed by atoms with Gasteiger partial charge in [-0.2, -0.15) is 0 Å². The Morgan fingerprint density at radius 1 is 1.10 bits per heavy atom. The lowest BCUT2D eigenvalue weighted by Gasteiger charge is -2.05. The maximum absolute atomic E-state index is 12.3. The van der Waals surface area contributed by atoms with E-state index in [1.807, 2.05) is 35.9 Å². The number of carbonyl (C=O) groups is 1. The molecule has 4 aromatic rings. The first-order valence-corrected chi connectivity index (χ1v) is 12.3. The Bertz CT molecular complexity index is 1120. The number of hydrogen-bond donors (Lipinski definition) is 1. The Morgan fingerprint density at radius 3 is 2.70 bits per heavy atom. The SMILES string of the molecule is Cc1ccc(CSCc2nnc(SCC(=O)Nc3nc4ccccc4s3)n2C)cc1. The van der Waals surface area contributed by atoms with Gasteiger partial charge in [-0.15, -0.1) is 22.0 Å². The first kappa shape index (κ1) is 20.9. The van der Waals surface area contributed by atoms with Crippen LogP contribution in [-0.2, 0) is 23.3 Å². The average molecular weight is 456 g/mol. The van der Waals surface area contributed by atoms with Crippen LogP contribution in [0.1, 0.15) is 17.0 Å². The Hall–Kier alpha value is -2.36. The van der Waals surface area contributed by atoms with Crippen LogP contribution in [0.5, 0.6) is 0 Å². The van der Waals surface area contributed by atoms with E-state index < -0.39 is 0 Å². The van der Waals surface area contributed by atoms with E-state index in [9.17, 15) is 4.79 Å². The fourth-order valence-electron chi connectivity index (χ4n) is 2.75. The normalized spacial score (nSPS) is 11.1. The van der Waals surface area contributed by atoms with Gasteiger partial charge < -0.3 is 9.88 Å². The quantitative estimate of drug-likeness (QED) is 0.381. The zero-order valence-corrected chi connectivity index (χ0v) is 19.1. The molecule has 2 heterocycles. The largest absolute Gasteiger partial charge is 0.308 e. The van der Waals surface area contributed by atoms with Crippen molar-refractivity contribution in [2.24, 2.45) is 7.05 Å². The third kappa shape index (κ3) is 5.21. The van der Waals surface area contributed by atoms with E-state index in [-0.39, 0.29) is 11.7 Å². The molecule has 2 aromatic heterocycles. The van der Waals surface area contributed by atoms with Crippen molar-refractivity contribution in [1.82, 2.24) is 19.7 Å². The maximum atomic E-state index is 12.3. The second kappa shape index (κ2) is 9.63. The van der Waals surface area contributed by atoms with Gasteiger partial charge in [0, 0.05) is 12.8 Å². The minimum Gasteiger partial charge on any atom is -0.308 e. The molecule has 0 saturated heterocycles. The molecule has 0 radical (unpaired) electrons. The molecule has 154 valence electrons. The molecular formula is C21H21N5OS3. The Labute approximate surface area is 187 Å². The first-order valence-electron chi connectivity index (χ1n) is 9.38. The third-order valence-electron chi connectivity index (χ3n) is 4.42. The molecule has 0 unspecified atom stereocenters. The van der Waals surface area contributed by atoms with Crippen LogP contribution in [0.3, 0.4) is 0 Å². The second-order valence-corrected chi connectivity index (χ2v) is 9.72. The maximum Gasteiger partial charge on any atom is 0.236 e. The number of aromatic nitrogens is 4. The van der Waals surface area contributed by atoms with Crippen molar-refractivity contribution in [3.05, 3.63) is 65.5 Å². The summed E-state index contributed by atoms with van der Waals surface area (Å²) in [6, 6.07) is 16.4. The summed E-state index contributed by atoms with van der Waals surface area (Å²) >= 11 is 4.65. The number of carbonyl (C=O) groups excluding carboxylic acids is 1. The Balaban J connectivity index is 1.27. The molecule has 4 rings (SSSR count). The van der Waals surface area contributed by atoms with Crippen molar-refractivity contribution in [2.75, 3.05) is 11.1 Å². The molecule has 0 fully saturated rings. The second-order valence-electron chi connectivity index (χ2n) is 6.76. The van der Waals surface area contributed by atoms with Gasteiger partial charge in [-0.3, -0.25) is 4.79 Å². The molecule has 1 N–H and O–H groups in total. The van der Waals surface area contributed by atoms with Gasteiger partial charge in [0.25, 0.3) is 0 Å². The van der Waals surface area contributed by atoms with Crippen LogP contribution >= 0.6 is 34.9 Å². The smallest absolute Gasteiger partial charge is 0.236 e. The van der Waals surface area contributed by atoms with Gasteiger partial charge in [0.1, 0.15) is 5.82 Å². The molecule has 9 heteroatoms.